The maximum absolute atomic E-state index is 13.3. The Kier molecular flexibility index (Phi) is 7.11. The standard InChI is InChI=1S/C25H28FNO5/c1-25(2,3)18-8-4-16(5-9-18)21-20(22(29)17-6-10-19(26)11-7-17)23(30)24(31)27(21)12-14-32-15-13-28/h4-11,21,28-29H,12-15H2,1-3H3/b22-20+. The van der Waals surface area contributed by atoms with Crippen molar-refractivity contribution in [3.63, 3.8) is 0 Å². The van der Waals surface area contributed by atoms with E-state index in [2.05, 4.69) is 20.8 Å². The van der Waals surface area contributed by atoms with Crippen LogP contribution in [0.1, 0.15) is 43.5 Å². The third kappa shape index (κ3) is 4.89. The summed E-state index contributed by atoms with van der Waals surface area (Å²) in [5, 5.41) is 19.8. The van der Waals surface area contributed by atoms with Crippen LogP contribution in [0.15, 0.2) is 54.1 Å². The van der Waals surface area contributed by atoms with E-state index in [1.807, 2.05) is 24.3 Å². The fourth-order valence-corrected chi connectivity index (χ4v) is 3.72. The number of ketones is 1. The number of amides is 1. The number of hydrogen-bond donors (Lipinski definition) is 2. The molecule has 1 heterocycles. The number of likely N-dealkylation sites (tertiary alicyclic amines) is 1. The number of Topliss-reactive ketones (excluding diaryl/α,β-unsaturated/α-hetero) is 1. The summed E-state index contributed by atoms with van der Waals surface area (Å²) in [7, 11) is 0. The van der Waals surface area contributed by atoms with Gasteiger partial charge < -0.3 is 19.8 Å². The Hall–Kier alpha value is -3.03. The summed E-state index contributed by atoms with van der Waals surface area (Å²) in [5.74, 6) is -2.38. The number of ether oxygens (including phenoxy) is 1. The second kappa shape index (κ2) is 9.63. The molecule has 0 spiro atoms. The zero-order valence-corrected chi connectivity index (χ0v) is 18.5. The van der Waals surface area contributed by atoms with Crippen LogP contribution in [0, 0.1) is 5.82 Å². The second-order valence-corrected chi connectivity index (χ2v) is 8.71. The van der Waals surface area contributed by atoms with Crippen LogP contribution < -0.4 is 0 Å². The lowest BCUT2D eigenvalue weighted by Crippen LogP contribution is -2.33. The van der Waals surface area contributed by atoms with Gasteiger partial charge in [-0.25, -0.2) is 4.39 Å². The van der Waals surface area contributed by atoms with E-state index in [-0.39, 0.29) is 48.7 Å². The van der Waals surface area contributed by atoms with Gasteiger partial charge in [-0.05, 0) is 40.8 Å². The van der Waals surface area contributed by atoms with Crippen LogP contribution in [-0.4, -0.2) is 53.2 Å². The Morgan fingerprint density at radius 3 is 2.22 bits per heavy atom. The minimum atomic E-state index is -0.813. The van der Waals surface area contributed by atoms with E-state index in [9.17, 15) is 19.1 Å². The highest BCUT2D eigenvalue weighted by molar-refractivity contribution is 6.46. The van der Waals surface area contributed by atoms with Crippen molar-refractivity contribution in [1.82, 2.24) is 4.90 Å². The van der Waals surface area contributed by atoms with Crippen LogP contribution >= 0.6 is 0 Å². The van der Waals surface area contributed by atoms with Gasteiger partial charge in [0.05, 0.1) is 31.4 Å². The minimum Gasteiger partial charge on any atom is -0.507 e. The van der Waals surface area contributed by atoms with Crippen LogP contribution in [0.4, 0.5) is 4.39 Å². The van der Waals surface area contributed by atoms with Gasteiger partial charge in [-0.3, -0.25) is 9.59 Å². The molecule has 3 rings (SSSR count). The van der Waals surface area contributed by atoms with Gasteiger partial charge in [-0.1, -0.05) is 45.0 Å². The van der Waals surface area contributed by atoms with Crippen molar-refractivity contribution in [3.05, 3.63) is 76.6 Å². The zero-order chi connectivity index (χ0) is 23.5. The van der Waals surface area contributed by atoms with E-state index in [1.54, 1.807) is 0 Å². The first-order valence-corrected chi connectivity index (χ1v) is 10.5. The highest BCUT2D eigenvalue weighted by Crippen LogP contribution is 2.39. The highest BCUT2D eigenvalue weighted by Gasteiger charge is 2.45. The summed E-state index contributed by atoms with van der Waals surface area (Å²) in [4.78, 5) is 27.1. The van der Waals surface area contributed by atoms with Crippen molar-refractivity contribution >= 4 is 17.4 Å². The number of aliphatic hydroxyl groups excluding tert-OH is 2. The van der Waals surface area contributed by atoms with Gasteiger partial charge in [0.15, 0.2) is 0 Å². The second-order valence-electron chi connectivity index (χ2n) is 8.71. The number of halogens is 1. The molecule has 32 heavy (non-hydrogen) atoms. The molecule has 6 nitrogen and oxygen atoms in total. The Morgan fingerprint density at radius 1 is 1.03 bits per heavy atom. The third-order valence-electron chi connectivity index (χ3n) is 5.46. The molecule has 0 bridgehead atoms. The molecular weight excluding hydrogens is 413 g/mol. The number of carbonyl (C=O) groups is 2. The first-order chi connectivity index (χ1) is 15.1. The lowest BCUT2D eigenvalue weighted by Gasteiger charge is -2.26. The van der Waals surface area contributed by atoms with E-state index in [0.717, 1.165) is 5.56 Å². The molecule has 1 aliphatic rings. The van der Waals surface area contributed by atoms with Crippen LogP contribution in [0.5, 0.6) is 0 Å². The normalized spacial score (nSPS) is 18.4. The zero-order valence-electron chi connectivity index (χ0n) is 18.5. The molecule has 1 unspecified atom stereocenters. The first-order valence-electron chi connectivity index (χ1n) is 10.5. The third-order valence-corrected chi connectivity index (χ3v) is 5.46. The molecule has 2 aromatic rings. The molecule has 1 saturated heterocycles. The van der Waals surface area contributed by atoms with Crippen LogP contribution in [0.25, 0.3) is 5.76 Å². The summed E-state index contributed by atoms with van der Waals surface area (Å²) in [6.45, 7) is 6.45. The van der Waals surface area contributed by atoms with Gasteiger partial charge in [-0.15, -0.1) is 0 Å². The lowest BCUT2D eigenvalue weighted by molar-refractivity contribution is -0.140. The molecule has 1 aliphatic heterocycles. The van der Waals surface area contributed by atoms with Crippen LogP contribution in [0.2, 0.25) is 0 Å². The summed E-state index contributed by atoms with van der Waals surface area (Å²) in [6.07, 6.45) is 0. The molecule has 0 radical (unpaired) electrons. The van der Waals surface area contributed by atoms with Gasteiger partial charge >= 0.3 is 0 Å². The SMILES string of the molecule is CC(C)(C)c1ccc(C2/C(=C(\O)c3ccc(F)cc3)C(=O)C(=O)N2CCOCCO)cc1. The van der Waals surface area contributed by atoms with Crippen molar-refractivity contribution in [1.29, 1.82) is 0 Å². The first kappa shape index (κ1) is 23.6. The number of aliphatic hydroxyl groups is 2. The van der Waals surface area contributed by atoms with Crippen molar-refractivity contribution < 1.29 is 28.9 Å². The monoisotopic (exact) mass is 441 g/mol. The van der Waals surface area contributed by atoms with Gasteiger partial charge in [0.2, 0.25) is 0 Å². The summed E-state index contributed by atoms with van der Waals surface area (Å²) in [5.41, 5.74) is 1.88. The van der Waals surface area contributed by atoms with Gasteiger partial charge in [0.25, 0.3) is 11.7 Å². The van der Waals surface area contributed by atoms with Gasteiger partial charge in [0.1, 0.15) is 11.6 Å². The Morgan fingerprint density at radius 2 is 1.66 bits per heavy atom. The predicted octanol–water partition coefficient (Wildman–Crippen LogP) is 3.55. The summed E-state index contributed by atoms with van der Waals surface area (Å²) >= 11 is 0. The van der Waals surface area contributed by atoms with Gasteiger partial charge in [-0.2, -0.15) is 0 Å². The molecule has 170 valence electrons. The Labute approximate surface area is 186 Å². The van der Waals surface area contributed by atoms with E-state index < -0.39 is 23.5 Å². The van der Waals surface area contributed by atoms with Crippen LogP contribution in [0.3, 0.4) is 0 Å². The smallest absolute Gasteiger partial charge is 0.295 e. The molecule has 1 fully saturated rings. The fraction of sp³-hybridized carbons (Fsp3) is 0.360. The van der Waals surface area contributed by atoms with Crippen molar-refractivity contribution in [2.75, 3.05) is 26.4 Å². The quantitative estimate of drug-likeness (QED) is 0.297. The number of carbonyl (C=O) groups excluding carboxylic acids is 2. The number of hydrogen-bond acceptors (Lipinski definition) is 5. The maximum Gasteiger partial charge on any atom is 0.295 e. The lowest BCUT2D eigenvalue weighted by atomic mass is 9.85. The molecule has 2 N–H and O–H groups in total. The van der Waals surface area contributed by atoms with E-state index in [4.69, 9.17) is 9.84 Å². The van der Waals surface area contributed by atoms with E-state index in [1.165, 1.54) is 29.2 Å². The predicted molar refractivity (Wildman–Crippen MR) is 118 cm³/mol. The molecule has 1 amide bonds. The van der Waals surface area contributed by atoms with E-state index in [0.29, 0.717) is 5.56 Å². The van der Waals surface area contributed by atoms with E-state index >= 15 is 0 Å². The molecule has 0 aliphatic carbocycles. The average Bonchev–Trinajstić information content (AvgIpc) is 3.01. The molecule has 1 atom stereocenters. The molecular formula is C25H28FNO5. The van der Waals surface area contributed by atoms with Gasteiger partial charge in [0, 0.05) is 12.1 Å². The van der Waals surface area contributed by atoms with Crippen molar-refractivity contribution in [2.45, 2.75) is 32.2 Å². The van der Waals surface area contributed by atoms with Crippen molar-refractivity contribution in [3.8, 4) is 0 Å². The molecule has 2 aromatic carbocycles. The summed E-state index contributed by atoms with van der Waals surface area (Å²) in [6, 6.07) is 11.8. The Balaban J connectivity index is 2.07. The highest BCUT2D eigenvalue weighted by atomic mass is 19.1. The largest absolute Gasteiger partial charge is 0.507 e. The summed E-state index contributed by atoms with van der Waals surface area (Å²) < 4.78 is 18.6. The number of nitrogens with zero attached hydrogens (tertiary/aromatic N) is 1. The molecule has 7 heteroatoms. The fourth-order valence-electron chi connectivity index (χ4n) is 3.72. The number of rotatable bonds is 7. The van der Waals surface area contributed by atoms with Crippen molar-refractivity contribution in [2.24, 2.45) is 0 Å². The molecule has 0 saturated carbocycles. The maximum atomic E-state index is 13.3. The Bertz CT molecular complexity index is 1010. The topological polar surface area (TPSA) is 87.1 Å². The minimum absolute atomic E-state index is 0.0488. The number of benzene rings is 2. The van der Waals surface area contributed by atoms with Crippen LogP contribution in [-0.2, 0) is 19.7 Å². The average molecular weight is 441 g/mol. The molecule has 0 aromatic heterocycles.